The van der Waals surface area contributed by atoms with E-state index in [4.69, 9.17) is 15.6 Å². The van der Waals surface area contributed by atoms with Gasteiger partial charge < -0.3 is 15.6 Å². The molecule has 96 valence electrons. The van der Waals surface area contributed by atoms with Gasteiger partial charge in [0.25, 0.3) is 0 Å². The van der Waals surface area contributed by atoms with Crippen LogP contribution in [0.1, 0.15) is 5.56 Å². The number of ether oxygens (including phenoxy) is 1. The van der Waals surface area contributed by atoms with Gasteiger partial charge in [0, 0.05) is 6.42 Å². The van der Waals surface area contributed by atoms with E-state index in [-0.39, 0.29) is 17.2 Å². The normalized spacial score (nSPS) is 10.8. The van der Waals surface area contributed by atoms with E-state index < -0.39 is 5.97 Å². The van der Waals surface area contributed by atoms with Gasteiger partial charge in [-0.1, -0.05) is 12.1 Å². The number of nitrogens with zero attached hydrogens (tertiary/aromatic N) is 1. The van der Waals surface area contributed by atoms with E-state index >= 15 is 0 Å². The molecule has 0 radical (unpaired) electrons. The average molecular weight is 267 g/mol. The van der Waals surface area contributed by atoms with Gasteiger partial charge in [-0.15, -0.1) is 0 Å². The van der Waals surface area contributed by atoms with Gasteiger partial charge in [0.1, 0.15) is 11.5 Å². The van der Waals surface area contributed by atoms with Crippen LogP contribution in [0, 0.1) is 0 Å². The van der Waals surface area contributed by atoms with Crippen molar-refractivity contribution >= 4 is 29.0 Å². The first-order valence-corrected chi connectivity index (χ1v) is 5.42. The Morgan fingerprint density at radius 2 is 2.11 bits per heavy atom. The molecule has 18 heavy (non-hydrogen) atoms. The number of benzene rings is 1. The Hall–Kier alpha value is -2.15. The number of carbonyl (C=O) groups is 1. The minimum Gasteiger partial charge on any atom is -0.497 e. The van der Waals surface area contributed by atoms with Gasteiger partial charge in [0.15, 0.2) is 5.11 Å². The second kappa shape index (κ2) is 6.55. The zero-order valence-corrected chi connectivity index (χ0v) is 10.5. The summed E-state index contributed by atoms with van der Waals surface area (Å²) in [6.45, 7) is 0. The van der Waals surface area contributed by atoms with Crippen molar-refractivity contribution in [1.82, 2.24) is 5.43 Å². The predicted molar refractivity (Wildman–Crippen MR) is 71.7 cm³/mol. The molecule has 4 N–H and O–H groups in total. The van der Waals surface area contributed by atoms with Gasteiger partial charge in [0.2, 0.25) is 0 Å². The van der Waals surface area contributed by atoms with Crippen molar-refractivity contribution in [2.45, 2.75) is 6.42 Å². The van der Waals surface area contributed by atoms with Crippen LogP contribution >= 0.6 is 12.2 Å². The highest BCUT2D eigenvalue weighted by Crippen LogP contribution is 2.12. The van der Waals surface area contributed by atoms with Crippen LogP contribution in [0.2, 0.25) is 0 Å². The first-order chi connectivity index (χ1) is 8.52. The van der Waals surface area contributed by atoms with Crippen LogP contribution in [0.3, 0.4) is 0 Å². The molecule has 0 amide bonds. The monoisotopic (exact) mass is 267 g/mol. The fraction of sp³-hybridized carbons (Fsp3) is 0.182. The molecule has 7 heteroatoms. The molecule has 0 saturated heterocycles. The van der Waals surface area contributed by atoms with E-state index in [0.29, 0.717) is 5.75 Å². The first-order valence-electron chi connectivity index (χ1n) is 5.01. The van der Waals surface area contributed by atoms with E-state index in [2.05, 4.69) is 22.7 Å². The largest absolute Gasteiger partial charge is 0.497 e. The third-order valence-electron chi connectivity index (χ3n) is 2.08. The molecule has 1 aromatic rings. The summed E-state index contributed by atoms with van der Waals surface area (Å²) in [5.41, 5.74) is 8.15. The molecule has 0 aliphatic heterocycles. The maximum absolute atomic E-state index is 11.0. The molecular weight excluding hydrogens is 254 g/mol. The summed E-state index contributed by atoms with van der Waals surface area (Å²) < 4.78 is 5.01. The van der Waals surface area contributed by atoms with Crippen molar-refractivity contribution in [1.29, 1.82) is 0 Å². The second-order valence-electron chi connectivity index (χ2n) is 3.36. The van der Waals surface area contributed by atoms with Crippen molar-refractivity contribution in [3.05, 3.63) is 29.8 Å². The van der Waals surface area contributed by atoms with Crippen molar-refractivity contribution in [3.63, 3.8) is 0 Å². The number of nitrogens with two attached hydrogens (primary N) is 1. The Labute approximate surface area is 109 Å². The molecule has 0 atom stereocenters. The lowest BCUT2D eigenvalue weighted by Crippen LogP contribution is -2.28. The molecular formula is C11H13N3O3S. The van der Waals surface area contributed by atoms with Crippen molar-refractivity contribution < 1.29 is 14.6 Å². The standard InChI is InChI=1S/C11H13N3O3S/c1-17-8-4-2-7(3-5-8)6-9(10(15)16)13-14-11(12)18/h2-5H,6H2,1H3,(H,15,16)(H3,12,14,18)/b13-9+. The van der Waals surface area contributed by atoms with E-state index in [1.807, 2.05) is 0 Å². The number of carboxylic acids is 1. The van der Waals surface area contributed by atoms with Gasteiger partial charge in [-0.3, -0.25) is 5.43 Å². The molecule has 0 spiro atoms. The summed E-state index contributed by atoms with van der Waals surface area (Å²) in [5.74, 6) is -0.427. The summed E-state index contributed by atoms with van der Waals surface area (Å²) >= 11 is 4.55. The van der Waals surface area contributed by atoms with Crippen LogP contribution in [-0.2, 0) is 11.2 Å². The summed E-state index contributed by atoms with van der Waals surface area (Å²) in [4.78, 5) is 11.0. The average Bonchev–Trinajstić information content (AvgIpc) is 2.34. The van der Waals surface area contributed by atoms with Crippen LogP contribution in [0.15, 0.2) is 29.4 Å². The fourth-order valence-electron chi connectivity index (χ4n) is 1.22. The summed E-state index contributed by atoms with van der Waals surface area (Å²) in [6, 6.07) is 7.02. The smallest absolute Gasteiger partial charge is 0.352 e. The molecule has 0 fully saturated rings. The lowest BCUT2D eigenvalue weighted by atomic mass is 10.1. The number of hydrogen-bond acceptors (Lipinski definition) is 4. The Morgan fingerprint density at radius 3 is 2.56 bits per heavy atom. The third-order valence-corrected chi connectivity index (χ3v) is 2.17. The highest BCUT2D eigenvalue weighted by atomic mass is 32.1. The van der Waals surface area contributed by atoms with Crippen LogP contribution in [-0.4, -0.2) is 29.0 Å². The Kier molecular flexibility index (Phi) is 5.06. The Morgan fingerprint density at radius 1 is 1.50 bits per heavy atom. The number of nitrogens with one attached hydrogen (secondary N) is 1. The van der Waals surface area contributed by atoms with E-state index in [9.17, 15) is 4.79 Å². The molecule has 0 aliphatic rings. The van der Waals surface area contributed by atoms with Crippen LogP contribution in [0.4, 0.5) is 0 Å². The Balaban J connectivity index is 2.79. The van der Waals surface area contributed by atoms with Gasteiger partial charge >= 0.3 is 5.97 Å². The lowest BCUT2D eigenvalue weighted by Gasteiger charge is -2.04. The predicted octanol–water partition coefficient (Wildman–Crippen LogP) is 0.511. The van der Waals surface area contributed by atoms with Crippen molar-refractivity contribution in [3.8, 4) is 5.75 Å². The SMILES string of the molecule is COc1ccc(C/C(=N\NC(N)=S)C(=O)O)cc1. The lowest BCUT2D eigenvalue weighted by molar-refractivity contribution is -0.129. The highest BCUT2D eigenvalue weighted by molar-refractivity contribution is 7.80. The first kappa shape index (κ1) is 13.9. The summed E-state index contributed by atoms with van der Waals surface area (Å²) in [5, 5.41) is 12.5. The van der Waals surface area contributed by atoms with E-state index in [0.717, 1.165) is 5.56 Å². The van der Waals surface area contributed by atoms with E-state index in [1.54, 1.807) is 31.4 Å². The molecule has 0 saturated carbocycles. The van der Waals surface area contributed by atoms with Gasteiger partial charge in [-0.2, -0.15) is 5.10 Å². The molecule has 0 heterocycles. The van der Waals surface area contributed by atoms with Crippen LogP contribution in [0.25, 0.3) is 0 Å². The quantitative estimate of drug-likeness (QED) is 0.408. The number of rotatable bonds is 5. The number of carboxylic acid groups (broad SMARTS) is 1. The van der Waals surface area contributed by atoms with Crippen molar-refractivity contribution in [2.75, 3.05) is 7.11 Å². The molecule has 0 bridgehead atoms. The number of hydrogen-bond donors (Lipinski definition) is 3. The van der Waals surface area contributed by atoms with Gasteiger partial charge in [-0.25, -0.2) is 4.79 Å². The topological polar surface area (TPSA) is 96.9 Å². The minimum absolute atomic E-state index is 0.0760. The van der Waals surface area contributed by atoms with Crippen LogP contribution in [0.5, 0.6) is 5.75 Å². The fourth-order valence-corrected chi connectivity index (χ4v) is 1.27. The Bertz CT molecular complexity index is 471. The number of methoxy groups -OCH3 is 1. The van der Waals surface area contributed by atoms with Gasteiger partial charge in [-0.05, 0) is 29.9 Å². The number of hydrazone groups is 1. The van der Waals surface area contributed by atoms with E-state index in [1.165, 1.54) is 0 Å². The molecule has 0 aliphatic carbocycles. The molecule has 0 unspecified atom stereocenters. The summed E-state index contributed by atoms with van der Waals surface area (Å²) in [7, 11) is 1.56. The summed E-state index contributed by atoms with van der Waals surface area (Å²) in [6.07, 6.45) is 0.162. The molecule has 0 aromatic heterocycles. The number of thiocarbonyl (C=S) groups is 1. The highest BCUT2D eigenvalue weighted by Gasteiger charge is 2.10. The zero-order chi connectivity index (χ0) is 13.5. The molecule has 6 nitrogen and oxygen atoms in total. The molecule has 1 aromatic carbocycles. The molecule has 1 rings (SSSR count). The maximum Gasteiger partial charge on any atom is 0.352 e. The number of aliphatic carboxylic acids is 1. The van der Waals surface area contributed by atoms with Crippen molar-refractivity contribution in [2.24, 2.45) is 10.8 Å². The maximum atomic E-state index is 11.0. The minimum atomic E-state index is -1.13. The van der Waals surface area contributed by atoms with Crippen LogP contribution < -0.4 is 15.9 Å². The zero-order valence-electron chi connectivity index (χ0n) is 9.71. The second-order valence-corrected chi connectivity index (χ2v) is 3.80. The van der Waals surface area contributed by atoms with Gasteiger partial charge in [0.05, 0.1) is 7.11 Å². The third kappa shape index (κ3) is 4.38.